The fourth-order valence-electron chi connectivity index (χ4n) is 1.72. The summed E-state index contributed by atoms with van der Waals surface area (Å²) in [5, 5.41) is 2.67. The summed E-state index contributed by atoms with van der Waals surface area (Å²) >= 11 is 0. The topological polar surface area (TPSA) is 29.1 Å². The van der Waals surface area contributed by atoms with Crippen LogP contribution in [0.5, 0.6) is 0 Å². The van der Waals surface area contributed by atoms with E-state index in [4.69, 9.17) is 0 Å². The van der Waals surface area contributed by atoms with Gasteiger partial charge in [-0.05, 0) is 42.3 Å². The molecule has 1 amide bonds. The van der Waals surface area contributed by atoms with Crippen LogP contribution in [0.15, 0.2) is 48.5 Å². The molecule has 0 aliphatic carbocycles. The number of carbonyl (C=O) groups is 1. The third kappa shape index (κ3) is 3.61. The molecular formula is C15H13F2NO. The molecule has 0 aliphatic rings. The average molecular weight is 261 g/mol. The van der Waals surface area contributed by atoms with Gasteiger partial charge in [-0.3, -0.25) is 4.79 Å². The van der Waals surface area contributed by atoms with Crippen LogP contribution in [0.4, 0.5) is 8.78 Å². The third-order valence-corrected chi connectivity index (χ3v) is 2.74. The van der Waals surface area contributed by atoms with Crippen molar-refractivity contribution in [3.8, 4) is 0 Å². The van der Waals surface area contributed by atoms with Gasteiger partial charge in [0.25, 0.3) is 5.91 Å². The molecule has 1 N–H and O–H groups in total. The largest absolute Gasteiger partial charge is 0.352 e. The van der Waals surface area contributed by atoms with E-state index in [1.54, 1.807) is 18.2 Å². The van der Waals surface area contributed by atoms with Crippen molar-refractivity contribution in [2.24, 2.45) is 0 Å². The quantitative estimate of drug-likeness (QED) is 0.900. The zero-order valence-electron chi connectivity index (χ0n) is 10.2. The Balaban J connectivity index is 1.88. The zero-order valence-corrected chi connectivity index (χ0v) is 10.2. The summed E-state index contributed by atoms with van der Waals surface area (Å²) in [6.45, 7) is 0.330. The summed E-state index contributed by atoms with van der Waals surface area (Å²) in [6, 6.07) is 11.7. The smallest absolute Gasteiger partial charge is 0.251 e. The molecule has 2 aromatic carbocycles. The lowest BCUT2D eigenvalue weighted by Gasteiger charge is -2.06. The molecule has 0 aliphatic heterocycles. The summed E-state index contributed by atoms with van der Waals surface area (Å²) < 4.78 is 26.0. The second kappa shape index (κ2) is 6.09. The molecule has 98 valence electrons. The van der Waals surface area contributed by atoms with Gasteiger partial charge in [-0.15, -0.1) is 0 Å². The number of hydrogen-bond acceptors (Lipinski definition) is 1. The minimum absolute atomic E-state index is 0.279. The van der Waals surface area contributed by atoms with E-state index in [0.29, 0.717) is 24.1 Å². The van der Waals surface area contributed by atoms with E-state index in [-0.39, 0.29) is 17.5 Å². The van der Waals surface area contributed by atoms with E-state index in [1.165, 1.54) is 30.3 Å². The minimum Gasteiger partial charge on any atom is -0.352 e. The first kappa shape index (κ1) is 13.2. The molecule has 4 heteroatoms. The number of carbonyl (C=O) groups excluding carboxylic acids is 1. The number of hydrogen-bond donors (Lipinski definition) is 1. The Morgan fingerprint density at radius 2 is 1.68 bits per heavy atom. The number of amides is 1. The molecule has 2 aromatic rings. The molecule has 0 saturated heterocycles. The van der Waals surface area contributed by atoms with Crippen LogP contribution < -0.4 is 5.32 Å². The van der Waals surface area contributed by atoms with Gasteiger partial charge < -0.3 is 5.32 Å². The molecule has 0 bridgehead atoms. The molecule has 0 fully saturated rings. The van der Waals surface area contributed by atoms with Gasteiger partial charge in [0, 0.05) is 12.1 Å². The average Bonchev–Trinajstić information content (AvgIpc) is 2.41. The summed E-state index contributed by atoms with van der Waals surface area (Å²) in [4.78, 5) is 11.7. The van der Waals surface area contributed by atoms with Crippen molar-refractivity contribution in [1.82, 2.24) is 5.32 Å². The van der Waals surface area contributed by atoms with Crippen LogP contribution in [0.2, 0.25) is 0 Å². The van der Waals surface area contributed by atoms with Crippen molar-refractivity contribution in [1.29, 1.82) is 0 Å². The maximum atomic E-state index is 13.3. The van der Waals surface area contributed by atoms with E-state index in [9.17, 15) is 13.6 Å². The molecule has 19 heavy (non-hydrogen) atoms. The van der Waals surface area contributed by atoms with Crippen LogP contribution in [0.3, 0.4) is 0 Å². The van der Waals surface area contributed by atoms with Crippen molar-refractivity contribution in [2.75, 3.05) is 6.54 Å². The zero-order chi connectivity index (χ0) is 13.7. The fraction of sp³-hybridized carbons (Fsp3) is 0.133. The molecule has 2 rings (SSSR count). The van der Waals surface area contributed by atoms with Crippen molar-refractivity contribution in [3.63, 3.8) is 0 Å². The van der Waals surface area contributed by atoms with Crippen molar-refractivity contribution >= 4 is 5.91 Å². The molecule has 0 saturated carbocycles. The molecule has 0 atom stereocenters. The van der Waals surface area contributed by atoms with Crippen molar-refractivity contribution in [2.45, 2.75) is 6.42 Å². The molecule has 0 unspecified atom stereocenters. The predicted octanol–water partition coefficient (Wildman–Crippen LogP) is 2.94. The Morgan fingerprint density at radius 1 is 1.00 bits per heavy atom. The van der Waals surface area contributed by atoms with Crippen LogP contribution in [-0.2, 0) is 6.42 Å². The highest BCUT2D eigenvalue weighted by atomic mass is 19.1. The Hall–Kier alpha value is -2.23. The Morgan fingerprint density at radius 3 is 2.37 bits per heavy atom. The molecule has 0 radical (unpaired) electrons. The van der Waals surface area contributed by atoms with Gasteiger partial charge in [0.1, 0.15) is 11.6 Å². The van der Waals surface area contributed by atoms with E-state index < -0.39 is 0 Å². The fourth-order valence-corrected chi connectivity index (χ4v) is 1.72. The van der Waals surface area contributed by atoms with Crippen molar-refractivity contribution < 1.29 is 13.6 Å². The van der Waals surface area contributed by atoms with Gasteiger partial charge >= 0.3 is 0 Å². The third-order valence-electron chi connectivity index (χ3n) is 2.74. The van der Waals surface area contributed by atoms with Crippen LogP contribution in [0.25, 0.3) is 0 Å². The van der Waals surface area contributed by atoms with E-state index in [2.05, 4.69) is 5.32 Å². The lowest BCUT2D eigenvalue weighted by atomic mass is 10.1. The predicted molar refractivity (Wildman–Crippen MR) is 68.8 cm³/mol. The summed E-state index contributed by atoms with van der Waals surface area (Å²) in [5.41, 5.74) is 0.942. The Labute approximate surface area is 110 Å². The van der Waals surface area contributed by atoms with Crippen molar-refractivity contribution in [3.05, 3.63) is 71.3 Å². The van der Waals surface area contributed by atoms with Gasteiger partial charge in [0.15, 0.2) is 0 Å². The number of rotatable bonds is 4. The lowest BCUT2D eigenvalue weighted by molar-refractivity contribution is 0.0954. The minimum atomic E-state index is -0.386. The SMILES string of the molecule is O=C(NCCc1ccccc1F)c1ccc(F)cc1. The molecule has 2 nitrogen and oxygen atoms in total. The van der Waals surface area contributed by atoms with Gasteiger partial charge in [-0.25, -0.2) is 8.78 Å². The molecule has 0 aromatic heterocycles. The Bertz CT molecular complexity index is 567. The van der Waals surface area contributed by atoms with E-state index in [1.807, 2.05) is 0 Å². The van der Waals surface area contributed by atoms with Gasteiger partial charge in [0.05, 0.1) is 0 Å². The van der Waals surface area contributed by atoms with Gasteiger partial charge in [0.2, 0.25) is 0 Å². The van der Waals surface area contributed by atoms with Crippen LogP contribution >= 0.6 is 0 Å². The molecule has 0 spiro atoms. The second-order valence-corrected chi connectivity index (χ2v) is 4.10. The van der Waals surface area contributed by atoms with E-state index >= 15 is 0 Å². The number of halogens is 2. The number of benzene rings is 2. The van der Waals surface area contributed by atoms with Crippen LogP contribution in [0.1, 0.15) is 15.9 Å². The maximum absolute atomic E-state index is 13.3. The lowest BCUT2D eigenvalue weighted by Crippen LogP contribution is -2.25. The van der Waals surface area contributed by atoms with Gasteiger partial charge in [-0.2, -0.15) is 0 Å². The summed E-state index contributed by atoms with van der Waals surface area (Å²) in [6.07, 6.45) is 0.416. The first-order chi connectivity index (χ1) is 9.16. The normalized spacial score (nSPS) is 10.2. The highest BCUT2D eigenvalue weighted by Crippen LogP contribution is 2.07. The first-order valence-corrected chi connectivity index (χ1v) is 5.94. The van der Waals surface area contributed by atoms with Crippen LogP contribution in [-0.4, -0.2) is 12.5 Å². The first-order valence-electron chi connectivity index (χ1n) is 5.94. The highest BCUT2D eigenvalue weighted by Gasteiger charge is 2.06. The summed E-state index contributed by atoms with van der Waals surface area (Å²) in [7, 11) is 0. The van der Waals surface area contributed by atoms with Gasteiger partial charge in [-0.1, -0.05) is 18.2 Å². The van der Waals surface area contributed by atoms with E-state index in [0.717, 1.165) is 0 Å². The standard InChI is InChI=1S/C15H13F2NO/c16-13-7-5-12(6-8-13)15(19)18-10-9-11-3-1-2-4-14(11)17/h1-8H,9-10H2,(H,18,19). The molecular weight excluding hydrogens is 248 g/mol. The molecule has 0 heterocycles. The number of nitrogens with one attached hydrogen (secondary N) is 1. The highest BCUT2D eigenvalue weighted by molar-refractivity contribution is 5.94. The summed E-state index contributed by atoms with van der Waals surface area (Å²) in [5.74, 6) is -0.960. The maximum Gasteiger partial charge on any atom is 0.251 e. The van der Waals surface area contributed by atoms with Crippen LogP contribution in [0, 0.1) is 11.6 Å². The second-order valence-electron chi connectivity index (χ2n) is 4.10. The monoisotopic (exact) mass is 261 g/mol. The Kier molecular flexibility index (Phi) is 4.23.